The molecule has 1 saturated carbocycles. The monoisotopic (exact) mass is 449 g/mol. The summed E-state index contributed by atoms with van der Waals surface area (Å²) in [7, 11) is 0. The Balaban J connectivity index is 1.48. The summed E-state index contributed by atoms with van der Waals surface area (Å²) in [5.74, 6) is 1.98. The van der Waals surface area contributed by atoms with Crippen LogP contribution in [0.5, 0.6) is 0 Å². The number of hydrogen-bond donors (Lipinski definition) is 1. The van der Waals surface area contributed by atoms with Crippen molar-refractivity contribution >= 4 is 22.8 Å². The minimum absolute atomic E-state index is 0.0460. The van der Waals surface area contributed by atoms with Crippen LogP contribution in [-0.4, -0.2) is 66.6 Å². The number of aromatic nitrogens is 5. The van der Waals surface area contributed by atoms with Gasteiger partial charge in [-0.3, -0.25) is 4.79 Å². The van der Waals surface area contributed by atoms with E-state index in [-0.39, 0.29) is 24.2 Å². The minimum Gasteiger partial charge on any atom is -0.372 e. The molecule has 33 heavy (non-hydrogen) atoms. The number of aryl methyl sites for hydroxylation is 2. The molecule has 0 unspecified atom stereocenters. The highest BCUT2D eigenvalue weighted by atomic mass is 16.5. The van der Waals surface area contributed by atoms with Crippen LogP contribution >= 0.6 is 0 Å². The lowest BCUT2D eigenvalue weighted by Gasteiger charge is -2.37. The van der Waals surface area contributed by atoms with Gasteiger partial charge in [0.1, 0.15) is 23.2 Å². The molecule has 9 nitrogen and oxygen atoms in total. The molecule has 1 N–H and O–H groups in total. The summed E-state index contributed by atoms with van der Waals surface area (Å²) in [4.78, 5) is 33.7. The van der Waals surface area contributed by atoms with Crippen molar-refractivity contribution in [1.29, 1.82) is 0 Å². The van der Waals surface area contributed by atoms with E-state index in [1.165, 1.54) is 0 Å². The molecule has 1 aliphatic heterocycles. The fourth-order valence-electron chi connectivity index (χ4n) is 4.69. The van der Waals surface area contributed by atoms with Crippen molar-refractivity contribution in [2.75, 3.05) is 18.4 Å². The number of carbonyl (C=O) groups excluding carboxylic acids is 1. The zero-order valence-corrected chi connectivity index (χ0v) is 19.7. The Morgan fingerprint density at radius 1 is 1.18 bits per heavy atom. The lowest BCUT2D eigenvalue weighted by molar-refractivity contribution is -0.144. The lowest BCUT2D eigenvalue weighted by Crippen LogP contribution is -2.53. The molecule has 4 heterocycles. The van der Waals surface area contributed by atoms with Gasteiger partial charge in [0.15, 0.2) is 5.65 Å². The van der Waals surface area contributed by atoms with Gasteiger partial charge in [-0.2, -0.15) is 0 Å². The van der Waals surface area contributed by atoms with Crippen LogP contribution in [0.4, 0.5) is 5.69 Å². The van der Waals surface area contributed by atoms with Gasteiger partial charge in [0.05, 0.1) is 23.5 Å². The number of imidazole rings is 1. The predicted octanol–water partition coefficient (Wildman–Crippen LogP) is 3.04. The van der Waals surface area contributed by atoms with Crippen LogP contribution in [0.25, 0.3) is 22.6 Å². The molecule has 1 saturated heterocycles. The van der Waals surface area contributed by atoms with Crippen molar-refractivity contribution in [2.45, 2.75) is 65.3 Å². The molecule has 3 atom stereocenters. The summed E-state index contributed by atoms with van der Waals surface area (Å²) >= 11 is 0. The van der Waals surface area contributed by atoms with Gasteiger partial charge in [0.2, 0.25) is 5.91 Å². The molecule has 1 aliphatic carbocycles. The Bertz CT molecular complexity index is 1150. The zero-order valence-electron chi connectivity index (χ0n) is 19.7. The van der Waals surface area contributed by atoms with Crippen LogP contribution < -0.4 is 5.32 Å². The Hall–Kier alpha value is -3.07. The average molecular weight is 450 g/mol. The summed E-state index contributed by atoms with van der Waals surface area (Å²) in [5, 5.41) is 3.56. The van der Waals surface area contributed by atoms with Crippen LogP contribution in [0.15, 0.2) is 24.7 Å². The number of carbonyl (C=O) groups is 1. The van der Waals surface area contributed by atoms with Gasteiger partial charge in [-0.1, -0.05) is 0 Å². The molecule has 1 amide bonds. The molecule has 9 heteroatoms. The SMILES string of the molecule is CCn1c(-c2cnc(C)nc2)nc2c(N[C@@H](C(=O)N3C[C@@H](C)O[C@@H](C)C3)C3CC3)ccnc21. The van der Waals surface area contributed by atoms with E-state index >= 15 is 0 Å². The minimum atomic E-state index is -0.272. The molecule has 174 valence electrons. The second kappa shape index (κ2) is 8.70. The largest absolute Gasteiger partial charge is 0.372 e. The third-order valence-corrected chi connectivity index (χ3v) is 6.39. The van der Waals surface area contributed by atoms with Crippen molar-refractivity contribution in [3.8, 4) is 11.4 Å². The molecular weight excluding hydrogens is 418 g/mol. The molecule has 3 aromatic rings. The topological polar surface area (TPSA) is 98.1 Å². The van der Waals surface area contributed by atoms with E-state index in [0.29, 0.717) is 25.6 Å². The number of pyridine rings is 1. The first-order valence-corrected chi connectivity index (χ1v) is 11.8. The van der Waals surface area contributed by atoms with Gasteiger partial charge < -0.3 is 19.5 Å². The van der Waals surface area contributed by atoms with Gasteiger partial charge in [-0.05, 0) is 52.5 Å². The summed E-state index contributed by atoms with van der Waals surface area (Å²) in [5.41, 5.74) is 3.23. The molecular formula is C24H31N7O2. The van der Waals surface area contributed by atoms with Gasteiger partial charge in [0, 0.05) is 38.2 Å². The van der Waals surface area contributed by atoms with Crippen molar-refractivity contribution < 1.29 is 9.53 Å². The molecule has 0 radical (unpaired) electrons. The molecule has 0 bridgehead atoms. The van der Waals surface area contributed by atoms with Gasteiger partial charge in [0.25, 0.3) is 0 Å². The van der Waals surface area contributed by atoms with Crippen LogP contribution in [-0.2, 0) is 16.1 Å². The number of fused-ring (bicyclic) bond motifs is 1. The van der Waals surface area contributed by atoms with Gasteiger partial charge in [-0.25, -0.2) is 19.9 Å². The number of rotatable bonds is 6. The third kappa shape index (κ3) is 4.29. The Morgan fingerprint density at radius 3 is 2.52 bits per heavy atom. The Morgan fingerprint density at radius 2 is 1.88 bits per heavy atom. The first-order chi connectivity index (χ1) is 15.9. The number of morpholine rings is 1. The van der Waals surface area contributed by atoms with E-state index in [4.69, 9.17) is 9.72 Å². The summed E-state index contributed by atoms with van der Waals surface area (Å²) in [6.07, 6.45) is 7.57. The number of nitrogens with zero attached hydrogens (tertiary/aromatic N) is 6. The second-order valence-corrected chi connectivity index (χ2v) is 9.19. The summed E-state index contributed by atoms with van der Waals surface area (Å²) in [6.45, 7) is 9.94. The van der Waals surface area contributed by atoms with E-state index in [1.807, 2.05) is 31.7 Å². The van der Waals surface area contributed by atoms with Crippen LogP contribution in [0.2, 0.25) is 0 Å². The van der Waals surface area contributed by atoms with Crippen molar-refractivity contribution in [1.82, 2.24) is 29.4 Å². The maximum atomic E-state index is 13.5. The fourth-order valence-corrected chi connectivity index (χ4v) is 4.69. The molecule has 0 spiro atoms. The standard InChI is InChI=1S/C24H31N7O2/c1-5-31-22(18-10-26-16(4)27-11-18)29-21-19(8-9-25-23(21)31)28-20(17-6-7-17)24(32)30-12-14(2)33-15(3)13-30/h8-11,14-15,17,20H,5-7,12-13H2,1-4H3,(H,25,28)/t14-,15+,20-/m1/s1. The number of hydrogen-bond acceptors (Lipinski definition) is 7. The van der Waals surface area contributed by atoms with Crippen molar-refractivity contribution in [2.24, 2.45) is 5.92 Å². The highest BCUT2D eigenvalue weighted by Crippen LogP contribution is 2.37. The number of anilines is 1. The Labute approximate surface area is 193 Å². The van der Waals surface area contributed by atoms with Crippen molar-refractivity contribution in [3.63, 3.8) is 0 Å². The third-order valence-electron chi connectivity index (χ3n) is 6.39. The van der Waals surface area contributed by atoms with Gasteiger partial charge >= 0.3 is 0 Å². The van der Waals surface area contributed by atoms with E-state index in [9.17, 15) is 4.79 Å². The van der Waals surface area contributed by atoms with E-state index in [0.717, 1.165) is 46.9 Å². The lowest BCUT2D eigenvalue weighted by atomic mass is 10.1. The number of amides is 1. The first kappa shape index (κ1) is 21.8. The highest BCUT2D eigenvalue weighted by Gasteiger charge is 2.40. The number of nitrogens with one attached hydrogen (secondary N) is 1. The Kier molecular flexibility index (Phi) is 5.74. The second-order valence-electron chi connectivity index (χ2n) is 9.19. The van der Waals surface area contributed by atoms with E-state index in [1.54, 1.807) is 18.6 Å². The van der Waals surface area contributed by atoms with Crippen LogP contribution in [0, 0.1) is 12.8 Å². The zero-order chi connectivity index (χ0) is 23.1. The molecule has 2 fully saturated rings. The molecule has 3 aromatic heterocycles. The van der Waals surface area contributed by atoms with E-state index in [2.05, 4.69) is 31.8 Å². The average Bonchev–Trinajstić information content (AvgIpc) is 3.56. The maximum absolute atomic E-state index is 13.5. The summed E-state index contributed by atoms with van der Waals surface area (Å²) in [6, 6.07) is 1.64. The molecule has 0 aromatic carbocycles. The van der Waals surface area contributed by atoms with Gasteiger partial charge in [-0.15, -0.1) is 0 Å². The predicted molar refractivity (Wildman–Crippen MR) is 126 cm³/mol. The maximum Gasteiger partial charge on any atom is 0.245 e. The molecule has 2 aliphatic rings. The normalized spacial score (nSPS) is 21.9. The van der Waals surface area contributed by atoms with Crippen LogP contribution in [0.3, 0.4) is 0 Å². The summed E-state index contributed by atoms with van der Waals surface area (Å²) < 4.78 is 7.89. The first-order valence-electron chi connectivity index (χ1n) is 11.8. The molecule has 5 rings (SSSR count). The van der Waals surface area contributed by atoms with E-state index < -0.39 is 0 Å². The van der Waals surface area contributed by atoms with Crippen molar-refractivity contribution in [3.05, 3.63) is 30.5 Å². The highest BCUT2D eigenvalue weighted by molar-refractivity contribution is 5.92. The van der Waals surface area contributed by atoms with Crippen LogP contribution in [0.1, 0.15) is 39.4 Å². The smallest absolute Gasteiger partial charge is 0.245 e. The fraction of sp³-hybridized carbons (Fsp3) is 0.542. The quantitative estimate of drug-likeness (QED) is 0.618. The number of ether oxygens (including phenoxy) is 1.